The number of aromatic nitrogens is 4. The number of halogens is 1. The average Bonchev–Trinajstić information content (AvgIpc) is 3.82. The molecule has 2 atom stereocenters. The number of nitrogen functional groups attached to an aromatic ring is 1. The Bertz CT molecular complexity index is 1670. The van der Waals surface area contributed by atoms with Crippen LogP contribution in [0.2, 0.25) is 0 Å². The summed E-state index contributed by atoms with van der Waals surface area (Å²) < 4.78 is 20.1. The van der Waals surface area contributed by atoms with Crippen molar-refractivity contribution in [1.82, 2.24) is 24.6 Å². The molecule has 7 heterocycles. The number of thiophene rings is 1. The molecule has 0 amide bonds. The smallest absolute Gasteiger partial charge is 0.320 e. The molecule has 0 radical (unpaired) electrons. The summed E-state index contributed by atoms with van der Waals surface area (Å²) in [5.41, 5.74) is 9.30. The van der Waals surface area contributed by atoms with Crippen LogP contribution >= 0.6 is 23.1 Å². The SMILES string of the molecule is COc1nc(N2CCCn3nc(SC)cc3C2)c(C#N)c(N2CC3(CCc4sc(N)c(C#N)c43)C2)n1.FC1CC2CCCN2C1. The monoisotopic (exact) mass is 648 g/mol. The molecule has 0 saturated carbocycles. The zero-order valence-electron chi connectivity index (χ0n) is 25.6. The van der Waals surface area contributed by atoms with Crippen LogP contribution in [-0.2, 0) is 24.9 Å². The van der Waals surface area contributed by atoms with Gasteiger partial charge in [0.1, 0.15) is 33.9 Å². The largest absolute Gasteiger partial charge is 0.467 e. The van der Waals surface area contributed by atoms with Crippen molar-refractivity contribution in [3.8, 4) is 18.1 Å². The molecule has 14 heteroatoms. The van der Waals surface area contributed by atoms with Gasteiger partial charge in [-0.15, -0.1) is 23.1 Å². The summed E-state index contributed by atoms with van der Waals surface area (Å²) >= 11 is 3.16. The Morgan fingerprint density at radius 3 is 2.60 bits per heavy atom. The minimum Gasteiger partial charge on any atom is -0.467 e. The van der Waals surface area contributed by atoms with Crippen LogP contribution in [0.3, 0.4) is 0 Å². The number of nitrogens with two attached hydrogens (primary N) is 1. The van der Waals surface area contributed by atoms with Crippen molar-refractivity contribution < 1.29 is 9.13 Å². The fourth-order valence-corrected chi connectivity index (χ4v) is 9.36. The van der Waals surface area contributed by atoms with E-state index in [-0.39, 0.29) is 11.4 Å². The Morgan fingerprint density at radius 2 is 1.89 bits per heavy atom. The number of alkyl halides is 1. The first-order valence-electron chi connectivity index (χ1n) is 15.5. The molecule has 4 aliphatic heterocycles. The van der Waals surface area contributed by atoms with Gasteiger partial charge in [0.2, 0.25) is 0 Å². The lowest BCUT2D eigenvalue weighted by atomic mass is 9.74. The molecule has 3 aromatic heterocycles. The number of nitrogens with zero attached hydrogens (tertiary/aromatic N) is 9. The minimum absolute atomic E-state index is 0.122. The standard InChI is InChI=1S/C24H25N9OS2.C7H12FN/c1-34-23-28-21(31-6-3-7-33-14(11-31)8-18(30-33)35-2)16(10-26)22(29-23)32-12-24(13-32)5-4-17-19(24)15(9-25)20(27)36-17;8-6-4-7-2-1-3-9(7)5-6/h8H,3-7,11-13,27H2,1-2H3;6-7H,1-5H2. The maximum atomic E-state index is 12.6. The summed E-state index contributed by atoms with van der Waals surface area (Å²) in [5.74, 6) is 1.17. The third-order valence-electron chi connectivity index (χ3n) is 9.87. The second kappa shape index (κ2) is 12.0. The molecule has 1 aliphatic carbocycles. The highest BCUT2D eigenvalue weighted by atomic mass is 32.2. The summed E-state index contributed by atoms with van der Waals surface area (Å²) in [6.45, 7) is 5.40. The fourth-order valence-electron chi connectivity index (χ4n) is 7.78. The van der Waals surface area contributed by atoms with Crippen LogP contribution in [0.25, 0.3) is 0 Å². The van der Waals surface area contributed by atoms with Crippen LogP contribution in [-0.4, -0.2) is 83.0 Å². The number of hydrogen-bond donors (Lipinski definition) is 1. The Hall–Kier alpha value is -3.59. The van der Waals surface area contributed by atoms with Crippen molar-refractivity contribution in [3.05, 3.63) is 33.3 Å². The van der Waals surface area contributed by atoms with E-state index in [1.165, 1.54) is 29.1 Å². The Kier molecular flexibility index (Phi) is 8.00. The lowest BCUT2D eigenvalue weighted by Crippen LogP contribution is -2.59. The van der Waals surface area contributed by atoms with Gasteiger partial charge in [-0.1, -0.05) is 0 Å². The molecular formula is C31H37FN10OS2. The highest BCUT2D eigenvalue weighted by Gasteiger charge is 2.52. The highest BCUT2D eigenvalue weighted by Crippen LogP contribution is 2.53. The predicted octanol–water partition coefficient (Wildman–Crippen LogP) is 4.10. The molecule has 3 fully saturated rings. The molecule has 3 aromatic rings. The van der Waals surface area contributed by atoms with Gasteiger partial charge in [0, 0.05) is 49.1 Å². The van der Waals surface area contributed by atoms with Crippen molar-refractivity contribution in [2.75, 3.05) is 61.6 Å². The third kappa shape index (κ3) is 5.27. The Labute approximate surface area is 270 Å². The maximum Gasteiger partial charge on any atom is 0.320 e. The van der Waals surface area contributed by atoms with Crippen LogP contribution in [0, 0.1) is 22.7 Å². The van der Waals surface area contributed by atoms with Crippen LogP contribution < -0.4 is 20.3 Å². The number of methoxy groups -OCH3 is 1. The topological polar surface area (TPSA) is 136 Å². The first-order chi connectivity index (χ1) is 21.9. The molecule has 45 heavy (non-hydrogen) atoms. The molecule has 11 nitrogen and oxygen atoms in total. The van der Waals surface area contributed by atoms with E-state index in [2.05, 4.69) is 48.0 Å². The zero-order chi connectivity index (χ0) is 31.3. The number of fused-ring (bicyclic) bond motifs is 4. The minimum atomic E-state index is -0.518. The zero-order valence-corrected chi connectivity index (χ0v) is 27.3. The van der Waals surface area contributed by atoms with E-state index in [1.807, 2.05) is 10.9 Å². The van der Waals surface area contributed by atoms with Gasteiger partial charge < -0.3 is 20.3 Å². The van der Waals surface area contributed by atoms with Crippen molar-refractivity contribution in [2.45, 2.75) is 74.3 Å². The normalized spacial score (nSPS) is 22.9. The van der Waals surface area contributed by atoms with E-state index in [0.717, 1.165) is 61.6 Å². The van der Waals surface area contributed by atoms with E-state index < -0.39 is 6.17 Å². The summed E-state index contributed by atoms with van der Waals surface area (Å²) in [6.07, 6.45) is 7.63. The Balaban J connectivity index is 0.000000308. The number of anilines is 3. The fraction of sp³-hybridized carbons (Fsp3) is 0.581. The number of ether oxygens (including phenoxy) is 1. The van der Waals surface area contributed by atoms with E-state index >= 15 is 0 Å². The summed E-state index contributed by atoms with van der Waals surface area (Å²) in [5, 5.41) is 26.2. The molecule has 0 bridgehead atoms. The molecule has 0 aromatic carbocycles. The molecule has 8 rings (SSSR count). The van der Waals surface area contributed by atoms with Crippen molar-refractivity contribution >= 4 is 39.7 Å². The van der Waals surface area contributed by atoms with Gasteiger partial charge >= 0.3 is 6.01 Å². The molecule has 2 N–H and O–H groups in total. The summed E-state index contributed by atoms with van der Waals surface area (Å²) in [4.78, 5) is 17.0. The van der Waals surface area contributed by atoms with Gasteiger partial charge in [-0.3, -0.25) is 9.58 Å². The summed E-state index contributed by atoms with van der Waals surface area (Å²) in [6, 6.07) is 7.66. The number of aryl methyl sites for hydroxylation is 2. The maximum absolute atomic E-state index is 12.6. The first-order valence-corrected chi connectivity index (χ1v) is 17.6. The third-order valence-corrected chi connectivity index (χ3v) is 11.6. The molecular weight excluding hydrogens is 612 g/mol. The van der Waals surface area contributed by atoms with Crippen molar-refractivity contribution in [1.29, 1.82) is 10.5 Å². The lowest BCUT2D eigenvalue weighted by molar-refractivity contribution is 0.292. The number of thioether (sulfide) groups is 1. The van der Waals surface area contributed by atoms with Gasteiger partial charge in [0.15, 0.2) is 11.6 Å². The van der Waals surface area contributed by atoms with E-state index in [1.54, 1.807) is 18.9 Å². The van der Waals surface area contributed by atoms with Crippen LogP contribution in [0.15, 0.2) is 11.1 Å². The highest BCUT2D eigenvalue weighted by molar-refractivity contribution is 7.98. The number of hydrogen-bond acceptors (Lipinski definition) is 12. The molecule has 2 unspecified atom stereocenters. The molecule has 1 spiro atoms. The second-order valence-electron chi connectivity index (χ2n) is 12.5. The van der Waals surface area contributed by atoms with Gasteiger partial charge in [0.05, 0.1) is 24.9 Å². The van der Waals surface area contributed by atoms with Gasteiger partial charge in [-0.05, 0) is 63.0 Å². The number of rotatable bonds is 4. The molecule has 5 aliphatic rings. The average molecular weight is 649 g/mol. The molecule has 236 valence electrons. The van der Waals surface area contributed by atoms with E-state index in [4.69, 9.17) is 10.5 Å². The van der Waals surface area contributed by atoms with Gasteiger partial charge in [-0.2, -0.15) is 25.6 Å². The quantitative estimate of drug-likeness (QED) is 0.410. The van der Waals surface area contributed by atoms with Crippen molar-refractivity contribution in [3.63, 3.8) is 0 Å². The first kappa shape index (κ1) is 30.1. The Morgan fingerprint density at radius 1 is 1.11 bits per heavy atom. The van der Waals surface area contributed by atoms with Gasteiger partial charge in [0.25, 0.3) is 0 Å². The van der Waals surface area contributed by atoms with Crippen LogP contribution in [0.5, 0.6) is 6.01 Å². The molecule has 3 saturated heterocycles. The number of nitriles is 2. The van der Waals surface area contributed by atoms with Crippen LogP contribution in [0.1, 0.15) is 59.4 Å². The lowest BCUT2D eigenvalue weighted by Gasteiger charge is -2.49. The van der Waals surface area contributed by atoms with E-state index in [9.17, 15) is 14.9 Å². The van der Waals surface area contributed by atoms with Crippen LogP contribution in [0.4, 0.5) is 21.0 Å². The second-order valence-corrected chi connectivity index (χ2v) is 14.5. The predicted molar refractivity (Wildman–Crippen MR) is 173 cm³/mol. The summed E-state index contributed by atoms with van der Waals surface area (Å²) in [7, 11) is 1.55. The van der Waals surface area contributed by atoms with Crippen molar-refractivity contribution in [2.24, 2.45) is 0 Å². The van der Waals surface area contributed by atoms with Gasteiger partial charge in [-0.25, -0.2) is 4.39 Å². The van der Waals surface area contributed by atoms with E-state index in [0.29, 0.717) is 60.0 Å².